The van der Waals surface area contributed by atoms with E-state index in [1.807, 2.05) is 0 Å². The first-order valence-electron chi connectivity index (χ1n) is 10.7. The lowest BCUT2D eigenvalue weighted by Crippen LogP contribution is -2.13. The van der Waals surface area contributed by atoms with Crippen LogP contribution in [0, 0.1) is 0 Å². The van der Waals surface area contributed by atoms with E-state index in [2.05, 4.69) is 103 Å². The Labute approximate surface area is 184 Å². The molecule has 1 unspecified atom stereocenters. The number of hydrogen-bond acceptors (Lipinski definition) is 2. The fraction of sp³-hybridized carbons (Fsp3) is 0.172. The van der Waals surface area contributed by atoms with Crippen LogP contribution in [-0.2, 0) is 0 Å². The molecule has 0 N–H and O–H groups in total. The zero-order valence-corrected chi connectivity index (χ0v) is 17.9. The van der Waals surface area contributed by atoms with E-state index in [0.29, 0.717) is 0 Å². The summed E-state index contributed by atoms with van der Waals surface area (Å²) in [6.45, 7) is 0. The van der Waals surface area contributed by atoms with Gasteiger partial charge in [-0.2, -0.15) is 0 Å². The summed E-state index contributed by atoms with van der Waals surface area (Å²) in [7, 11) is 3.42. The Balaban J connectivity index is 1.81. The third kappa shape index (κ3) is 3.38. The molecule has 0 spiro atoms. The van der Waals surface area contributed by atoms with Crippen molar-refractivity contribution in [1.29, 1.82) is 0 Å². The van der Waals surface area contributed by atoms with Crippen LogP contribution in [0.15, 0.2) is 103 Å². The van der Waals surface area contributed by atoms with Crippen molar-refractivity contribution < 1.29 is 9.47 Å². The molecule has 0 fully saturated rings. The monoisotopic (exact) mass is 406 g/mol. The van der Waals surface area contributed by atoms with Crippen molar-refractivity contribution in [3.05, 3.63) is 131 Å². The van der Waals surface area contributed by atoms with E-state index in [1.165, 1.54) is 27.8 Å². The Morgan fingerprint density at radius 3 is 1.19 bits per heavy atom. The first-order chi connectivity index (χ1) is 15.3. The third-order valence-electron chi connectivity index (χ3n) is 6.48. The molecule has 154 valence electrons. The van der Waals surface area contributed by atoms with Crippen LogP contribution in [-0.4, -0.2) is 14.2 Å². The summed E-state index contributed by atoms with van der Waals surface area (Å²) < 4.78 is 11.4. The van der Waals surface area contributed by atoms with Crippen molar-refractivity contribution in [2.45, 2.75) is 17.8 Å². The fourth-order valence-electron chi connectivity index (χ4n) is 5.18. The van der Waals surface area contributed by atoms with Crippen LogP contribution in [0.2, 0.25) is 0 Å². The number of hydrogen-bond donors (Lipinski definition) is 0. The van der Waals surface area contributed by atoms with Crippen LogP contribution < -0.4 is 9.47 Å². The number of benzene rings is 4. The molecule has 5 rings (SSSR count). The van der Waals surface area contributed by atoms with Gasteiger partial charge in [0, 0.05) is 17.8 Å². The fourth-order valence-corrected chi connectivity index (χ4v) is 5.18. The Hall–Kier alpha value is -3.52. The van der Waals surface area contributed by atoms with Crippen molar-refractivity contribution in [2.24, 2.45) is 0 Å². The molecule has 1 aliphatic rings. The van der Waals surface area contributed by atoms with Crippen LogP contribution in [0.1, 0.15) is 45.6 Å². The predicted octanol–water partition coefficient (Wildman–Crippen LogP) is 6.77. The molecule has 4 aromatic rings. The molecule has 0 saturated carbocycles. The van der Waals surface area contributed by atoms with E-state index in [-0.39, 0.29) is 17.8 Å². The smallest absolute Gasteiger partial charge is 0.161 e. The van der Waals surface area contributed by atoms with Gasteiger partial charge in [-0.25, -0.2) is 0 Å². The van der Waals surface area contributed by atoms with E-state index >= 15 is 0 Å². The highest BCUT2D eigenvalue weighted by Crippen LogP contribution is 2.58. The van der Waals surface area contributed by atoms with Gasteiger partial charge in [-0.15, -0.1) is 0 Å². The molecule has 2 heteroatoms. The van der Waals surface area contributed by atoms with Gasteiger partial charge in [0.25, 0.3) is 0 Å². The number of ether oxygens (including phenoxy) is 2. The highest BCUT2D eigenvalue weighted by molar-refractivity contribution is 5.60. The highest BCUT2D eigenvalue weighted by Gasteiger charge is 2.43. The van der Waals surface area contributed by atoms with Gasteiger partial charge in [0.1, 0.15) is 0 Å². The topological polar surface area (TPSA) is 18.5 Å². The van der Waals surface area contributed by atoms with Gasteiger partial charge in [0.2, 0.25) is 0 Å². The number of fused-ring (bicyclic) bond motifs is 1. The van der Waals surface area contributed by atoms with E-state index < -0.39 is 0 Å². The van der Waals surface area contributed by atoms with E-state index in [0.717, 1.165) is 11.5 Å². The maximum Gasteiger partial charge on any atom is 0.161 e. The van der Waals surface area contributed by atoms with Crippen molar-refractivity contribution in [3.8, 4) is 11.5 Å². The van der Waals surface area contributed by atoms with Crippen LogP contribution in [0.25, 0.3) is 0 Å². The molecule has 0 heterocycles. The molecule has 3 atom stereocenters. The van der Waals surface area contributed by atoms with Gasteiger partial charge in [-0.05, 0) is 39.9 Å². The minimum absolute atomic E-state index is 0.226. The predicted molar refractivity (Wildman–Crippen MR) is 125 cm³/mol. The summed E-state index contributed by atoms with van der Waals surface area (Å²) in [4.78, 5) is 0. The molecule has 0 bridgehead atoms. The third-order valence-corrected chi connectivity index (χ3v) is 6.48. The zero-order chi connectivity index (χ0) is 21.2. The van der Waals surface area contributed by atoms with Gasteiger partial charge in [-0.1, -0.05) is 91.0 Å². The number of methoxy groups -OCH3 is 2. The van der Waals surface area contributed by atoms with E-state index in [1.54, 1.807) is 14.2 Å². The first kappa shape index (κ1) is 19.4. The summed E-state index contributed by atoms with van der Waals surface area (Å²) in [5.41, 5.74) is 6.61. The molecule has 0 amide bonds. The van der Waals surface area contributed by atoms with E-state index in [4.69, 9.17) is 9.47 Å². The zero-order valence-electron chi connectivity index (χ0n) is 17.9. The molecule has 2 nitrogen and oxygen atoms in total. The van der Waals surface area contributed by atoms with Crippen molar-refractivity contribution in [1.82, 2.24) is 0 Å². The molecular formula is C29H26O2. The van der Waals surface area contributed by atoms with Crippen molar-refractivity contribution in [2.75, 3.05) is 14.2 Å². The molecule has 0 aromatic heterocycles. The summed E-state index contributed by atoms with van der Waals surface area (Å²) in [6, 6.07) is 36.9. The average molecular weight is 407 g/mol. The molecular weight excluding hydrogens is 380 g/mol. The van der Waals surface area contributed by atoms with Gasteiger partial charge in [0.15, 0.2) is 11.5 Å². The van der Waals surface area contributed by atoms with Crippen LogP contribution in [0.5, 0.6) is 11.5 Å². The van der Waals surface area contributed by atoms with Crippen molar-refractivity contribution in [3.63, 3.8) is 0 Å². The molecule has 0 radical (unpaired) electrons. The second kappa shape index (κ2) is 8.31. The normalized spacial score (nSPS) is 19.6. The van der Waals surface area contributed by atoms with Crippen molar-refractivity contribution >= 4 is 0 Å². The van der Waals surface area contributed by atoms with Crippen LogP contribution in [0.4, 0.5) is 0 Å². The molecule has 0 saturated heterocycles. The maximum atomic E-state index is 5.70. The summed E-state index contributed by atoms with van der Waals surface area (Å²) in [5.74, 6) is 2.29. The number of rotatable bonds is 5. The lowest BCUT2D eigenvalue weighted by Gasteiger charge is -2.27. The van der Waals surface area contributed by atoms with E-state index in [9.17, 15) is 0 Å². The standard InChI is InChI=1S/C29H26O2/c1-30-25-18-23-24(19-26(25)31-2)28(21-14-8-4-9-15-21)29(22-16-10-5-11-17-22)27(23)20-12-6-3-7-13-20/h3-19,27-29H,1-2H3/t27-,28+,29?. The Bertz CT molecular complexity index is 1080. The molecule has 1 aliphatic carbocycles. The summed E-state index contributed by atoms with van der Waals surface area (Å²) >= 11 is 0. The summed E-state index contributed by atoms with van der Waals surface area (Å²) in [5, 5.41) is 0. The Morgan fingerprint density at radius 2 is 0.839 bits per heavy atom. The lowest BCUT2D eigenvalue weighted by molar-refractivity contribution is 0.354. The highest BCUT2D eigenvalue weighted by atomic mass is 16.5. The second-order valence-electron chi connectivity index (χ2n) is 8.05. The van der Waals surface area contributed by atoms with Gasteiger partial charge in [-0.3, -0.25) is 0 Å². The molecule has 0 aliphatic heterocycles. The van der Waals surface area contributed by atoms with Gasteiger partial charge in [0.05, 0.1) is 14.2 Å². The van der Waals surface area contributed by atoms with Crippen LogP contribution >= 0.6 is 0 Å². The maximum absolute atomic E-state index is 5.70. The van der Waals surface area contributed by atoms with Gasteiger partial charge >= 0.3 is 0 Å². The second-order valence-corrected chi connectivity index (χ2v) is 8.05. The quantitative estimate of drug-likeness (QED) is 0.364. The SMILES string of the molecule is COc1cc2c(cc1OC)[C@H](c1ccccc1)C(c1ccccc1)[C@@H]2c1ccccc1. The Morgan fingerprint density at radius 1 is 0.484 bits per heavy atom. The summed E-state index contributed by atoms with van der Waals surface area (Å²) in [6.07, 6.45) is 0. The Kier molecular flexibility index (Phi) is 5.21. The minimum atomic E-state index is 0.226. The van der Waals surface area contributed by atoms with Crippen LogP contribution in [0.3, 0.4) is 0 Å². The largest absolute Gasteiger partial charge is 0.493 e. The molecule has 4 aromatic carbocycles. The average Bonchev–Trinajstić information content (AvgIpc) is 3.18. The first-order valence-corrected chi connectivity index (χ1v) is 10.7. The van der Waals surface area contributed by atoms with Gasteiger partial charge < -0.3 is 9.47 Å². The molecule has 31 heavy (non-hydrogen) atoms. The minimum Gasteiger partial charge on any atom is -0.493 e. The lowest BCUT2D eigenvalue weighted by atomic mass is 9.75.